The first kappa shape index (κ1) is 27.1. The summed E-state index contributed by atoms with van der Waals surface area (Å²) in [6.07, 6.45) is 0.373. The zero-order chi connectivity index (χ0) is 27.4. The summed E-state index contributed by atoms with van der Waals surface area (Å²) in [4.78, 5) is 27.6. The van der Waals surface area contributed by atoms with Crippen LogP contribution in [0.3, 0.4) is 0 Å². The third-order valence-corrected chi connectivity index (χ3v) is 6.97. The molecule has 0 aliphatic carbocycles. The van der Waals surface area contributed by atoms with Crippen molar-refractivity contribution in [1.82, 2.24) is 25.2 Å². The fraction of sp³-hybridized carbons (Fsp3) is 0.259. The molecule has 1 aromatic carbocycles. The number of alkyl halides is 2. The van der Waals surface area contributed by atoms with Gasteiger partial charge in [-0.05, 0) is 43.0 Å². The van der Waals surface area contributed by atoms with E-state index >= 15 is 0 Å². The molecule has 0 radical (unpaired) electrons. The summed E-state index contributed by atoms with van der Waals surface area (Å²) >= 11 is 1.23. The van der Waals surface area contributed by atoms with E-state index in [0.717, 1.165) is 11.3 Å². The molecule has 0 fully saturated rings. The van der Waals surface area contributed by atoms with Crippen molar-refractivity contribution in [2.45, 2.75) is 39.7 Å². The number of halogens is 3. The number of nitrogens with one attached hydrogen (secondary N) is 1. The van der Waals surface area contributed by atoms with Gasteiger partial charge < -0.3 is 14.6 Å². The average molecular weight is 542 g/mol. The Hall–Kier alpha value is -3.99. The number of hydrogen-bond acceptors (Lipinski definition) is 7. The zero-order valence-corrected chi connectivity index (χ0v) is 21.9. The molecule has 0 saturated heterocycles. The van der Waals surface area contributed by atoms with Crippen LogP contribution in [0, 0.1) is 5.82 Å². The standard InChI is InChI=1S/C25H20F3N5O2S.C2H6/c1-3-29-15-10-12-33(20(13(15)2)24-32-18-14(26)7-6-9-17(18)36-24)25(34)21-19(22(27)28)31-23(35-21)16-8-4-5-11-30-16;1-2/h3-9,11,20,22,29H,1,10,12H2,2H3;1-2H3/t20-;/m0./s1. The molecular weight excluding hydrogens is 515 g/mol. The molecule has 0 unspecified atom stereocenters. The van der Waals surface area contributed by atoms with E-state index in [1.807, 2.05) is 20.8 Å². The van der Waals surface area contributed by atoms with Gasteiger partial charge >= 0.3 is 0 Å². The topological polar surface area (TPSA) is 84.2 Å². The Bertz CT molecular complexity index is 1480. The van der Waals surface area contributed by atoms with Gasteiger partial charge in [-0.25, -0.2) is 23.1 Å². The minimum absolute atomic E-state index is 0.175. The first-order valence-corrected chi connectivity index (χ1v) is 12.8. The van der Waals surface area contributed by atoms with Crippen LogP contribution in [-0.4, -0.2) is 32.3 Å². The van der Waals surface area contributed by atoms with Crippen molar-refractivity contribution < 1.29 is 22.4 Å². The van der Waals surface area contributed by atoms with E-state index < -0.39 is 35.6 Å². The van der Waals surface area contributed by atoms with Gasteiger partial charge in [0.1, 0.15) is 28.1 Å². The number of hydrogen-bond donors (Lipinski definition) is 1. The second-order valence-corrected chi connectivity index (χ2v) is 9.11. The van der Waals surface area contributed by atoms with Crippen LogP contribution in [-0.2, 0) is 0 Å². The van der Waals surface area contributed by atoms with Gasteiger partial charge in [0.15, 0.2) is 5.69 Å². The SMILES string of the molecule is C=CNC1=C(C)[C@@H](c2nc3c(F)cccc3s2)N(C(=O)c2oc(-c3ccccn3)nc2C(F)F)CC1.CC. The second kappa shape index (κ2) is 11.6. The highest BCUT2D eigenvalue weighted by Crippen LogP contribution is 2.40. The van der Waals surface area contributed by atoms with Crippen LogP contribution >= 0.6 is 11.3 Å². The number of benzene rings is 1. The van der Waals surface area contributed by atoms with Crippen LogP contribution < -0.4 is 5.32 Å². The molecule has 7 nitrogen and oxygen atoms in total. The highest BCUT2D eigenvalue weighted by Gasteiger charge is 2.39. The lowest BCUT2D eigenvalue weighted by atomic mass is 9.98. The molecule has 0 bridgehead atoms. The number of nitrogens with zero attached hydrogens (tertiary/aromatic N) is 4. The van der Waals surface area contributed by atoms with Crippen molar-refractivity contribution in [3.05, 3.63) is 88.9 Å². The molecule has 4 heterocycles. The molecule has 11 heteroatoms. The van der Waals surface area contributed by atoms with Crippen LogP contribution in [0.5, 0.6) is 0 Å². The third-order valence-electron chi connectivity index (χ3n) is 5.90. The Morgan fingerprint density at radius 1 is 1.24 bits per heavy atom. The van der Waals surface area contributed by atoms with Crippen molar-refractivity contribution in [3.8, 4) is 11.6 Å². The number of thiazole rings is 1. The first-order valence-electron chi connectivity index (χ1n) is 12.0. The number of carbonyl (C=O) groups excluding carboxylic acids is 1. The Morgan fingerprint density at radius 3 is 2.68 bits per heavy atom. The zero-order valence-electron chi connectivity index (χ0n) is 21.0. The number of aromatic nitrogens is 3. The summed E-state index contributed by atoms with van der Waals surface area (Å²) in [5.74, 6) is -1.98. The molecule has 0 spiro atoms. The molecule has 1 atom stereocenters. The van der Waals surface area contributed by atoms with Gasteiger partial charge in [-0.2, -0.15) is 0 Å². The van der Waals surface area contributed by atoms with Gasteiger partial charge in [-0.15, -0.1) is 11.3 Å². The van der Waals surface area contributed by atoms with Gasteiger partial charge in [0.05, 0.1) is 4.70 Å². The normalized spacial score (nSPS) is 15.4. The lowest BCUT2D eigenvalue weighted by Crippen LogP contribution is -2.41. The van der Waals surface area contributed by atoms with E-state index in [9.17, 15) is 18.0 Å². The molecule has 198 valence electrons. The molecule has 3 aromatic heterocycles. The first-order chi connectivity index (χ1) is 18.4. The second-order valence-electron chi connectivity index (χ2n) is 8.05. The molecule has 1 amide bonds. The van der Waals surface area contributed by atoms with Gasteiger partial charge in [-0.3, -0.25) is 9.78 Å². The molecule has 1 aliphatic rings. The Balaban J connectivity index is 0.00000164. The molecule has 0 saturated carbocycles. The number of fused-ring (bicyclic) bond motifs is 1. The maximum absolute atomic E-state index is 14.4. The summed E-state index contributed by atoms with van der Waals surface area (Å²) in [6.45, 7) is 9.69. The summed E-state index contributed by atoms with van der Waals surface area (Å²) in [7, 11) is 0. The number of oxazole rings is 1. The average Bonchev–Trinajstić information content (AvgIpc) is 3.57. The summed E-state index contributed by atoms with van der Waals surface area (Å²) < 4.78 is 48.5. The van der Waals surface area contributed by atoms with Gasteiger partial charge in [-0.1, -0.05) is 32.6 Å². The summed E-state index contributed by atoms with van der Waals surface area (Å²) in [5, 5.41) is 3.53. The molecule has 4 aromatic rings. The van der Waals surface area contributed by atoms with E-state index in [4.69, 9.17) is 4.42 Å². The maximum Gasteiger partial charge on any atom is 0.292 e. The van der Waals surface area contributed by atoms with Gasteiger partial charge in [0, 0.05) is 24.9 Å². The third kappa shape index (κ3) is 5.06. The van der Waals surface area contributed by atoms with Crippen LogP contribution in [0.15, 0.2) is 71.1 Å². The highest BCUT2D eigenvalue weighted by atomic mass is 32.1. The summed E-state index contributed by atoms with van der Waals surface area (Å²) in [5.41, 5.74) is 1.21. The number of amides is 1. The van der Waals surface area contributed by atoms with Crippen molar-refractivity contribution >= 4 is 27.5 Å². The molecule has 5 rings (SSSR count). The molecular formula is C27H26F3N5O2S. The van der Waals surface area contributed by atoms with Gasteiger partial charge in [0.25, 0.3) is 12.3 Å². The van der Waals surface area contributed by atoms with E-state index in [0.29, 0.717) is 16.1 Å². The maximum atomic E-state index is 14.4. The summed E-state index contributed by atoms with van der Waals surface area (Å²) in [6, 6.07) is 8.77. The fourth-order valence-corrected chi connectivity index (χ4v) is 5.38. The Kier molecular flexibility index (Phi) is 8.26. The number of pyridine rings is 1. The minimum Gasteiger partial charge on any atom is -0.429 e. The van der Waals surface area contributed by atoms with Crippen LogP contribution in [0.25, 0.3) is 21.8 Å². The smallest absolute Gasteiger partial charge is 0.292 e. The lowest BCUT2D eigenvalue weighted by molar-refractivity contribution is 0.0642. The molecule has 1 aliphatic heterocycles. The Labute approximate surface area is 221 Å². The van der Waals surface area contributed by atoms with Crippen molar-refractivity contribution in [2.75, 3.05) is 6.54 Å². The van der Waals surface area contributed by atoms with Gasteiger partial charge in [0.2, 0.25) is 11.7 Å². The largest absolute Gasteiger partial charge is 0.429 e. The molecule has 38 heavy (non-hydrogen) atoms. The molecule has 1 N–H and O–H groups in total. The quantitative estimate of drug-likeness (QED) is 0.282. The van der Waals surface area contributed by atoms with Crippen LogP contribution in [0.4, 0.5) is 13.2 Å². The number of para-hydroxylation sites is 1. The highest BCUT2D eigenvalue weighted by molar-refractivity contribution is 7.18. The van der Waals surface area contributed by atoms with Crippen molar-refractivity contribution in [2.24, 2.45) is 0 Å². The Morgan fingerprint density at radius 2 is 2.03 bits per heavy atom. The van der Waals surface area contributed by atoms with Crippen LogP contribution in [0.2, 0.25) is 0 Å². The number of rotatable bonds is 6. The van der Waals surface area contributed by atoms with Crippen LogP contribution in [0.1, 0.15) is 60.9 Å². The van der Waals surface area contributed by atoms with Crippen molar-refractivity contribution in [1.29, 1.82) is 0 Å². The van der Waals surface area contributed by atoms with E-state index in [-0.39, 0.29) is 23.6 Å². The monoisotopic (exact) mass is 541 g/mol. The number of carbonyl (C=O) groups is 1. The minimum atomic E-state index is -3.04. The van der Waals surface area contributed by atoms with E-state index in [1.165, 1.54) is 34.7 Å². The predicted molar refractivity (Wildman–Crippen MR) is 140 cm³/mol. The van der Waals surface area contributed by atoms with E-state index in [2.05, 4.69) is 26.8 Å². The van der Waals surface area contributed by atoms with Crippen molar-refractivity contribution in [3.63, 3.8) is 0 Å². The predicted octanol–water partition coefficient (Wildman–Crippen LogP) is 7.04. The lowest BCUT2D eigenvalue weighted by Gasteiger charge is -2.36. The van der Waals surface area contributed by atoms with E-state index in [1.54, 1.807) is 30.3 Å². The fourth-order valence-electron chi connectivity index (χ4n) is 4.22.